The quantitative estimate of drug-likeness (QED) is 0.642. The molecule has 0 aromatic heterocycles. The number of methoxy groups -OCH3 is 2. The van der Waals surface area contributed by atoms with Crippen LogP contribution in [-0.2, 0) is 9.59 Å². The minimum Gasteiger partial charge on any atom is -0.493 e. The number of ether oxygens (including phenoxy) is 2. The van der Waals surface area contributed by atoms with E-state index in [1.807, 2.05) is 0 Å². The molecule has 0 radical (unpaired) electrons. The Balaban J connectivity index is 1.68. The fourth-order valence-corrected chi connectivity index (χ4v) is 4.56. The van der Waals surface area contributed by atoms with Gasteiger partial charge in [0.25, 0.3) is 11.8 Å². The maximum Gasteiger partial charge on any atom is 0.257 e. The zero-order valence-corrected chi connectivity index (χ0v) is 18.0. The molecule has 1 unspecified atom stereocenters. The Morgan fingerprint density at radius 2 is 1.66 bits per heavy atom. The van der Waals surface area contributed by atoms with Crippen LogP contribution in [0.4, 0.5) is 10.1 Å². The molecule has 2 aromatic rings. The lowest BCUT2D eigenvalue weighted by Gasteiger charge is -2.33. The Bertz CT molecular complexity index is 1030. The van der Waals surface area contributed by atoms with Crippen molar-refractivity contribution in [1.29, 1.82) is 0 Å². The fourth-order valence-electron chi connectivity index (χ4n) is 4.56. The van der Waals surface area contributed by atoms with Crippen LogP contribution in [0.3, 0.4) is 0 Å². The molecular formula is C24H25FN2O5. The normalized spacial score (nSPS) is 18.8. The van der Waals surface area contributed by atoms with Crippen LogP contribution in [-0.4, -0.2) is 48.9 Å². The summed E-state index contributed by atoms with van der Waals surface area (Å²) in [6.07, 6.45) is 3.35. The zero-order chi connectivity index (χ0) is 22.8. The van der Waals surface area contributed by atoms with Crippen molar-refractivity contribution >= 4 is 23.4 Å². The summed E-state index contributed by atoms with van der Waals surface area (Å²) in [6, 6.07) is 9.01. The van der Waals surface area contributed by atoms with Crippen LogP contribution in [0.15, 0.2) is 42.5 Å². The number of rotatable bonds is 6. The third-order valence-electron chi connectivity index (χ3n) is 6.13. The Morgan fingerprint density at radius 1 is 1.00 bits per heavy atom. The maximum absolute atomic E-state index is 13.6. The summed E-state index contributed by atoms with van der Waals surface area (Å²) in [4.78, 5) is 42.4. The van der Waals surface area contributed by atoms with E-state index in [2.05, 4.69) is 0 Å². The molecule has 7 nitrogen and oxygen atoms in total. The van der Waals surface area contributed by atoms with Crippen molar-refractivity contribution in [3.8, 4) is 11.5 Å². The van der Waals surface area contributed by atoms with Gasteiger partial charge in [0, 0.05) is 11.6 Å². The second kappa shape index (κ2) is 8.98. The Morgan fingerprint density at radius 3 is 2.28 bits per heavy atom. The van der Waals surface area contributed by atoms with Gasteiger partial charge in [0.05, 0.1) is 26.3 Å². The first kappa shape index (κ1) is 21.8. The van der Waals surface area contributed by atoms with Gasteiger partial charge in [0.15, 0.2) is 11.5 Å². The van der Waals surface area contributed by atoms with Gasteiger partial charge in [0.1, 0.15) is 11.9 Å². The van der Waals surface area contributed by atoms with Crippen LogP contribution in [0.5, 0.6) is 11.5 Å². The van der Waals surface area contributed by atoms with Gasteiger partial charge in [-0.2, -0.15) is 0 Å². The molecule has 1 aliphatic heterocycles. The van der Waals surface area contributed by atoms with Crippen LogP contribution in [0.2, 0.25) is 0 Å². The van der Waals surface area contributed by atoms with E-state index in [-0.39, 0.29) is 18.4 Å². The second-order valence-corrected chi connectivity index (χ2v) is 7.98. The number of imide groups is 1. The predicted molar refractivity (Wildman–Crippen MR) is 115 cm³/mol. The molecule has 1 saturated heterocycles. The average molecular weight is 440 g/mol. The summed E-state index contributed by atoms with van der Waals surface area (Å²) in [5, 5.41) is 0. The Hall–Kier alpha value is -3.42. The third kappa shape index (κ3) is 3.92. The van der Waals surface area contributed by atoms with Crippen LogP contribution in [0.25, 0.3) is 0 Å². The van der Waals surface area contributed by atoms with E-state index >= 15 is 0 Å². The van der Waals surface area contributed by atoms with E-state index in [1.165, 1.54) is 38.5 Å². The highest BCUT2D eigenvalue weighted by atomic mass is 19.1. The molecule has 1 atom stereocenters. The first-order chi connectivity index (χ1) is 15.4. The predicted octanol–water partition coefficient (Wildman–Crippen LogP) is 3.56. The van der Waals surface area contributed by atoms with Crippen molar-refractivity contribution in [3.05, 3.63) is 53.8 Å². The molecule has 32 heavy (non-hydrogen) atoms. The molecule has 0 spiro atoms. The summed E-state index contributed by atoms with van der Waals surface area (Å²) in [7, 11) is 3.00. The minimum absolute atomic E-state index is 0.105. The molecule has 2 aliphatic rings. The Kier molecular flexibility index (Phi) is 6.12. The Labute approximate surface area is 185 Å². The molecule has 168 valence electrons. The lowest BCUT2D eigenvalue weighted by Crippen LogP contribution is -2.50. The van der Waals surface area contributed by atoms with Gasteiger partial charge < -0.3 is 14.4 Å². The number of amides is 3. The first-order valence-corrected chi connectivity index (χ1v) is 10.6. The molecule has 2 fully saturated rings. The van der Waals surface area contributed by atoms with Crippen LogP contribution < -0.4 is 14.4 Å². The number of benzene rings is 2. The molecule has 8 heteroatoms. The third-order valence-corrected chi connectivity index (χ3v) is 6.13. The first-order valence-electron chi connectivity index (χ1n) is 10.6. The number of nitrogens with zero attached hydrogens (tertiary/aromatic N) is 2. The molecule has 1 aliphatic carbocycles. The maximum atomic E-state index is 13.6. The smallest absolute Gasteiger partial charge is 0.257 e. The summed E-state index contributed by atoms with van der Waals surface area (Å²) < 4.78 is 23.9. The number of hydrogen-bond donors (Lipinski definition) is 0. The van der Waals surface area contributed by atoms with Gasteiger partial charge in [-0.3, -0.25) is 14.4 Å². The highest BCUT2D eigenvalue weighted by Crippen LogP contribution is 2.34. The fraction of sp³-hybridized carbons (Fsp3) is 0.375. The van der Waals surface area contributed by atoms with Crippen molar-refractivity contribution in [2.24, 2.45) is 0 Å². The molecule has 1 saturated carbocycles. The lowest BCUT2D eigenvalue weighted by atomic mass is 10.1. The molecular weight excluding hydrogens is 415 g/mol. The van der Waals surface area contributed by atoms with E-state index < -0.39 is 23.7 Å². The van der Waals surface area contributed by atoms with Gasteiger partial charge in [-0.05, 0) is 55.3 Å². The van der Waals surface area contributed by atoms with E-state index in [0.717, 1.165) is 30.6 Å². The summed E-state index contributed by atoms with van der Waals surface area (Å²) in [5.74, 6) is -0.764. The monoisotopic (exact) mass is 440 g/mol. The van der Waals surface area contributed by atoms with E-state index in [9.17, 15) is 18.8 Å². The standard InChI is InChI=1S/C24H25FN2O5/c1-31-20-12-7-15(13-21(20)32-2)23(29)26(17-5-3-4-6-17)19-14-22(28)27(24(19)30)18-10-8-16(25)9-11-18/h7-13,17,19H,3-6,14H2,1-2H3. The van der Waals surface area contributed by atoms with Crippen LogP contribution in [0, 0.1) is 5.82 Å². The van der Waals surface area contributed by atoms with E-state index in [1.54, 1.807) is 23.1 Å². The van der Waals surface area contributed by atoms with Crippen molar-refractivity contribution in [3.63, 3.8) is 0 Å². The van der Waals surface area contributed by atoms with Gasteiger partial charge in [-0.1, -0.05) is 12.8 Å². The summed E-state index contributed by atoms with van der Waals surface area (Å²) in [6.45, 7) is 0. The summed E-state index contributed by atoms with van der Waals surface area (Å²) in [5.41, 5.74) is 0.656. The zero-order valence-electron chi connectivity index (χ0n) is 18.0. The van der Waals surface area contributed by atoms with Gasteiger partial charge in [-0.15, -0.1) is 0 Å². The largest absolute Gasteiger partial charge is 0.493 e. The second-order valence-electron chi connectivity index (χ2n) is 7.98. The molecule has 0 bridgehead atoms. The topological polar surface area (TPSA) is 76.2 Å². The van der Waals surface area contributed by atoms with Crippen molar-refractivity contribution in [2.75, 3.05) is 19.1 Å². The van der Waals surface area contributed by atoms with Gasteiger partial charge >= 0.3 is 0 Å². The highest BCUT2D eigenvalue weighted by Gasteiger charge is 2.47. The summed E-state index contributed by atoms with van der Waals surface area (Å²) >= 11 is 0. The number of anilines is 1. The number of halogens is 1. The highest BCUT2D eigenvalue weighted by molar-refractivity contribution is 6.23. The minimum atomic E-state index is -0.906. The number of carbonyl (C=O) groups is 3. The number of carbonyl (C=O) groups excluding carboxylic acids is 3. The molecule has 3 amide bonds. The van der Waals surface area contributed by atoms with E-state index in [0.29, 0.717) is 22.7 Å². The lowest BCUT2D eigenvalue weighted by molar-refractivity contribution is -0.123. The average Bonchev–Trinajstić information content (AvgIpc) is 3.43. The van der Waals surface area contributed by atoms with Crippen LogP contribution in [0.1, 0.15) is 42.5 Å². The van der Waals surface area contributed by atoms with Gasteiger partial charge in [0.2, 0.25) is 5.91 Å². The van der Waals surface area contributed by atoms with E-state index in [4.69, 9.17) is 9.47 Å². The van der Waals surface area contributed by atoms with Crippen molar-refractivity contribution in [2.45, 2.75) is 44.2 Å². The van der Waals surface area contributed by atoms with Crippen LogP contribution >= 0.6 is 0 Å². The van der Waals surface area contributed by atoms with Gasteiger partial charge in [-0.25, -0.2) is 9.29 Å². The molecule has 4 rings (SSSR count). The number of hydrogen-bond acceptors (Lipinski definition) is 5. The molecule has 1 heterocycles. The SMILES string of the molecule is COc1ccc(C(=O)N(C2CCCC2)C2CC(=O)N(c3ccc(F)cc3)C2=O)cc1OC. The van der Waals surface area contributed by atoms with Crippen molar-refractivity contribution in [1.82, 2.24) is 4.90 Å². The molecule has 0 N–H and O–H groups in total. The van der Waals surface area contributed by atoms with Crippen molar-refractivity contribution < 1.29 is 28.2 Å². The molecule has 2 aromatic carbocycles.